The summed E-state index contributed by atoms with van der Waals surface area (Å²) in [5.74, 6) is -0.531. The van der Waals surface area contributed by atoms with Crippen molar-refractivity contribution in [2.24, 2.45) is 0 Å². The van der Waals surface area contributed by atoms with Crippen LogP contribution in [0.3, 0.4) is 0 Å². The Morgan fingerprint density at radius 1 is 0.443 bits per heavy atom. The molecule has 9 nitrogen and oxygen atoms in total. The molecule has 10 heteroatoms. The van der Waals surface area contributed by atoms with Crippen LogP contribution in [0.1, 0.15) is 316 Å². The lowest BCUT2D eigenvalue weighted by Crippen LogP contribution is -2.47. The number of phosphoric acid groups is 1. The summed E-state index contributed by atoms with van der Waals surface area (Å²) in [5, 5.41) is 3.05. The smallest absolute Gasteiger partial charge is 0.456 e. The van der Waals surface area contributed by atoms with Crippen LogP contribution >= 0.6 is 7.82 Å². The van der Waals surface area contributed by atoms with Crippen LogP contribution in [0.15, 0.2) is 60.8 Å². The van der Waals surface area contributed by atoms with Crippen LogP contribution in [-0.4, -0.2) is 74.3 Å². The van der Waals surface area contributed by atoms with Gasteiger partial charge in [-0.15, -0.1) is 0 Å². The van der Waals surface area contributed by atoms with E-state index in [9.17, 15) is 19.0 Å². The van der Waals surface area contributed by atoms with E-state index in [1.54, 1.807) is 0 Å². The molecule has 462 valence electrons. The molecule has 0 spiro atoms. The van der Waals surface area contributed by atoms with E-state index < -0.39 is 20.0 Å². The molecule has 2 N–H and O–H groups in total. The topological polar surface area (TPSA) is 111 Å². The molecule has 1 amide bonds. The third-order valence-corrected chi connectivity index (χ3v) is 15.9. The molecule has 0 radical (unpaired) electrons. The predicted molar refractivity (Wildman–Crippen MR) is 342 cm³/mol. The van der Waals surface area contributed by atoms with Crippen molar-refractivity contribution >= 4 is 19.7 Å². The van der Waals surface area contributed by atoms with E-state index >= 15 is 0 Å². The lowest BCUT2D eigenvalue weighted by molar-refractivity contribution is -0.870. The van der Waals surface area contributed by atoms with Crippen molar-refractivity contribution in [2.45, 2.75) is 328 Å². The van der Waals surface area contributed by atoms with Gasteiger partial charge in [0.05, 0.1) is 33.8 Å². The number of amides is 1. The minimum absolute atomic E-state index is 0.0337. The number of nitrogens with zero attached hydrogens (tertiary/aromatic N) is 1. The lowest BCUT2D eigenvalue weighted by atomic mass is 10.0. The van der Waals surface area contributed by atoms with Crippen LogP contribution < -0.4 is 5.32 Å². The molecule has 0 aromatic carbocycles. The average molecular weight is 1130 g/mol. The van der Waals surface area contributed by atoms with Crippen molar-refractivity contribution in [1.82, 2.24) is 5.32 Å². The summed E-state index contributed by atoms with van der Waals surface area (Å²) in [7, 11) is 1.48. The number of likely N-dealkylation sites (N-methyl/N-ethyl adjacent to an activating group) is 1. The van der Waals surface area contributed by atoms with Gasteiger partial charge >= 0.3 is 13.8 Å². The van der Waals surface area contributed by atoms with Crippen molar-refractivity contribution < 1.29 is 37.3 Å². The zero-order valence-electron chi connectivity index (χ0n) is 52.9. The quantitative estimate of drug-likeness (QED) is 0.0205. The molecule has 3 unspecified atom stereocenters. The summed E-state index contributed by atoms with van der Waals surface area (Å²) < 4.78 is 30.7. The predicted octanol–water partition coefficient (Wildman–Crippen LogP) is 21.0. The van der Waals surface area contributed by atoms with Crippen molar-refractivity contribution in [1.29, 1.82) is 0 Å². The molecule has 0 saturated heterocycles. The number of esters is 1. The van der Waals surface area contributed by atoms with Crippen molar-refractivity contribution in [3.63, 3.8) is 0 Å². The Bertz CT molecular complexity index is 1540. The number of rotatable bonds is 61. The van der Waals surface area contributed by atoms with Gasteiger partial charge in [-0.25, -0.2) is 4.57 Å². The van der Waals surface area contributed by atoms with Gasteiger partial charge in [-0.1, -0.05) is 287 Å². The van der Waals surface area contributed by atoms with Crippen LogP contribution in [-0.2, 0) is 27.9 Å². The first-order valence-electron chi connectivity index (χ1n) is 33.6. The molecule has 0 aliphatic rings. The molecule has 0 rings (SSSR count). The zero-order valence-corrected chi connectivity index (χ0v) is 53.8. The minimum Gasteiger partial charge on any atom is -0.456 e. The number of quaternary nitrogens is 1. The van der Waals surface area contributed by atoms with Crippen LogP contribution in [0, 0.1) is 0 Å². The molecule has 0 heterocycles. The Hall–Kier alpha value is -2.29. The molecule has 0 bridgehead atoms. The Labute approximate surface area is 490 Å². The highest BCUT2D eigenvalue weighted by Gasteiger charge is 2.30. The minimum atomic E-state index is -4.46. The van der Waals surface area contributed by atoms with Gasteiger partial charge in [0, 0.05) is 12.8 Å². The summed E-state index contributed by atoms with van der Waals surface area (Å²) in [6.07, 6.45) is 75.2. The molecule has 0 fully saturated rings. The summed E-state index contributed by atoms with van der Waals surface area (Å²) in [6, 6.07) is -0.865. The second-order valence-electron chi connectivity index (χ2n) is 24.0. The number of carbonyl (C=O) groups excluding carboxylic acids is 2. The first kappa shape index (κ1) is 76.7. The molecule has 3 atom stereocenters. The number of ether oxygens (including phenoxy) is 1. The van der Waals surface area contributed by atoms with Crippen LogP contribution in [0.25, 0.3) is 0 Å². The van der Waals surface area contributed by atoms with Gasteiger partial charge in [0.15, 0.2) is 0 Å². The third-order valence-electron chi connectivity index (χ3n) is 15.0. The Morgan fingerprint density at radius 3 is 1.19 bits per heavy atom. The number of nitrogens with one attached hydrogen (secondary N) is 1. The highest BCUT2D eigenvalue weighted by Crippen LogP contribution is 2.43. The molecule has 0 aromatic heterocycles. The number of hydrogen-bond donors (Lipinski definition) is 2. The van der Waals surface area contributed by atoms with Crippen LogP contribution in [0.2, 0.25) is 0 Å². The largest absolute Gasteiger partial charge is 0.472 e. The highest BCUT2D eigenvalue weighted by molar-refractivity contribution is 7.47. The van der Waals surface area contributed by atoms with Crippen molar-refractivity contribution in [3.05, 3.63) is 60.8 Å². The molecule has 0 aliphatic heterocycles. The van der Waals surface area contributed by atoms with Gasteiger partial charge in [-0.2, -0.15) is 0 Å². The number of carbonyl (C=O) groups is 2. The molecule has 0 saturated carbocycles. The maximum atomic E-state index is 13.6. The summed E-state index contributed by atoms with van der Waals surface area (Å²) in [5.41, 5.74) is 0. The first-order chi connectivity index (χ1) is 38.4. The lowest BCUT2D eigenvalue weighted by Gasteiger charge is -2.27. The molecule has 0 aliphatic carbocycles. The number of allylic oxidation sites excluding steroid dienone is 9. The number of hydrogen-bond acceptors (Lipinski definition) is 6. The molecule has 79 heavy (non-hydrogen) atoms. The van der Waals surface area contributed by atoms with Gasteiger partial charge in [0.25, 0.3) is 0 Å². The second kappa shape index (κ2) is 58.9. The third kappa shape index (κ3) is 60.1. The molecular formula is C69H130N2O7P+. The monoisotopic (exact) mass is 1130 g/mol. The molecular weight excluding hydrogens is 1000 g/mol. The van der Waals surface area contributed by atoms with Crippen molar-refractivity contribution in [2.75, 3.05) is 40.9 Å². The molecule has 0 aromatic rings. The van der Waals surface area contributed by atoms with Gasteiger partial charge < -0.3 is 19.4 Å². The fraction of sp³-hybridized carbons (Fsp3) is 0.826. The van der Waals surface area contributed by atoms with E-state index in [4.69, 9.17) is 13.8 Å². The van der Waals surface area contributed by atoms with Crippen LogP contribution in [0.4, 0.5) is 0 Å². The van der Waals surface area contributed by atoms with E-state index in [0.717, 1.165) is 77.0 Å². The highest BCUT2D eigenvalue weighted by atomic mass is 31.2. The van der Waals surface area contributed by atoms with E-state index in [0.29, 0.717) is 23.9 Å². The van der Waals surface area contributed by atoms with E-state index in [1.807, 2.05) is 33.3 Å². The van der Waals surface area contributed by atoms with Gasteiger partial charge in [0.1, 0.15) is 19.3 Å². The van der Waals surface area contributed by atoms with Crippen LogP contribution in [0.5, 0.6) is 0 Å². The summed E-state index contributed by atoms with van der Waals surface area (Å²) >= 11 is 0. The second-order valence-corrected chi connectivity index (χ2v) is 25.5. The Kier molecular flexibility index (Phi) is 57.2. The summed E-state index contributed by atoms with van der Waals surface area (Å²) in [4.78, 5) is 37.8. The normalized spacial score (nSPS) is 14.0. The Morgan fingerprint density at radius 2 is 0.772 bits per heavy atom. The van der Waals surface area contributed by atoms with Gasteiger partial charge in [-0.05, 0) is 76.7 Å². The standard InChI is InChI=1S/C69H129N2O7P/c1-7-10-13-16-19-22-25-27-29-31-33-34-35-36-38-40-42-44-47-50-53-56-59-62-69(73)78-67(60-57-54-51-48-45-24-21-18-15-12-9-3)66(65-77-79(74,75)76-64-63-71(4,5)6)70-68(72)61-58-55-52-49-46-43-41-39-37-32-30-28-26-23-20-17-14-11-8-2/h20,23,28,30,37,39,43,46,57,60,66-67H,7-19,21-22,24-27,29,31-36,38,40-42,44-45,47-56,58-59,61-65H2,1-6H3,(H-,70,72,74,75)/p+1/b23-20-,30-28-,39-37-,46-43-,60-57+. The Balaban J connectivity index is 5.13. The first-order valence-corrected chi connectivity index (χ1v) is 35.1. The average Bonchev–Trinajstić information content (AvgIpc) is 3.41. The maximum Gasteiger partial charge on any atom is 0.472 e. The summed E-state index contributed by atoms with van der Waals surface area (Å²) in [6.45, 7) is 6.99. The van der Waals surface area contributed by atoms with Crippen molar-refractivity contribution in [3.8, 4) is 0 Å². The van der Waals surface area contributed by atoms with Gasteiger partial charge in [0.2, 0.25) is 5.91 Å². The maximum absolute atomic E-state index is 13.6. The fourth-order valence-electron chi connectivity index (χ4n) is 9.75. The van der Waals surface area contributed by atoms with Gasteiger partial charge in [-0.3, -0.25) is 18.6 Å². The SMILES string of the molecule is CCCCC/C=C\C/C=C\C/C=C\C/C=C\CCCCCC(=O)NC(COP(=O)(O)OCC[N+](C)(C)C)C(/C=C/CCCCCCCCCCC)OC(=O)CCCCCCCCCCCCCCCCCCCCCCCCC. The number of unbranched alkanes of at least 4 members (excludes halogenated alkanes) is 37. The number of phosphoric ester groups is 1. The fourth-order valence-corrected chi connectivity index (χ4v) is 10.5. The van der Waals surface area contributed by atoms with E-state index in [1.165, 1.54) is 199 Å². The van der Waals surface area contributed by atoms with E-state index in [-0.39, 0.29) is 31.5 Å². The zero-order chi connectivity index (χ0) is 57.9. The van der Waals surface area contributed by atoms with E-state index in [2.05, 4.69) is 74.7 Å².